The van der Waals surface area contributed by atoms with Crippen LogP contribution in [0.4, 0.5) is 0 Å². The number of halogens is 1. The minimum Gasteiger partial charge on any atom is -0.411 e. The highest BCUT2D eigenvalue weighted by Gasteiger charge is 2.36. The fraction of sp³-hybridized carbons (Fsp3) is 0.769. The first-order chi connectivity index (χ1) is 10.0. The van der Waals surface area contributed by atoms with E-state index in [1.807, 2.05) is 20.8 Å². The molecular formula is C13H26ClN3O3Si. The van der Waals surface area contributed by atoms with Crippen molar-refractivity contribution in [2.45, 2.75) is 58.2 Å². The lowest BCUT2D eigenvalue weighted by Crippen LogP contribution is -2.43. The van der Waals surface area contributed by atoms with Crippen LogP contribution in [0.1, 0.15) is 40.0 Å². The summed E-state index contributed by atoms with van der Waals surface area (Å²) < 4.78 is 0. The Kier molecular flexibility index (Phi) is 10.1. The Morgan fingerprint density at radius 2 is 1.05 bits per heavy atom. The lowest BCUT2D eigenvalue weighted by molar-refractivity contribution is 0.317. The summed E-state index contributed by atoms with van der Waals surface area (Å²) in [5, 5.41) is 37.3. The van der Waals surface area contributed by atoms with E-state index in [9.17, 15) is 0 Å². The van der Waals surface area contributed by atoms with Gasteiger partial charge in [-0.2, -0.15) is 0 Å². The van der Waals surface area contributed by atoms with Gasteiger partial charge in [0, 0.05) is 5.50 Å². The number of oxime groups is 3. The normalized spacial score (nSPS) is 16.9. The summed E-state index contributed by atoms with van der Waals surface area (Å²) in [6.07, 6.45) is 1.91. The molecule has 0 radical (unpaired) electrons. The third-order valence-corrected chi connectivity index (χ3v) is 9.41. The number of nitrogens with zero attached hydrogens (tertiary/aromatic N) is 3. The maximum atomic E-state index is 9.09. The number of rotatable bonds is 10. The van der Waals surface area contributed by atoms with Crippen LogP contribution in [0, 0.1) is 0 Å². The molecule has 0 aliphatic heterocycles. The van der Waals surface area contributed by atoms with Crippen LogP contribution in [0.2, 0.25) is 18.1 Å². The van der Waals surface area contributed by atoms with Gasteiger partial charge in [0.15, 0.2) is 0 Å². The van der Waals surface area contributed by atoms with Crippen LogP contribution in [0.25, 0.3) is 0 Å². The second-order valence-corrected chi connectivity index (χ2v) is 10.4. The van der Waals surface area contributed by atoms with Crippen molar-refractivity contribution in [3.8, 4) is 0 Å². The highest BCUT2D eigenvalue weighted by molar-refractivity contribution is 6.91. The van der Waals surface area contributed by atoms with E-state index in [2.05, 4.69) is 15.5 Å². The van der Waals surface area contributed by atoms with Crippen LogP contribution in [0.3, 0.4) is 0 Å². The van der Waals surface area contributed by atoms with Gasteiger partial charge in [0.2, 0.25) is 0 Å². The van der Waals surface area contributed by atoms with E-state index in [1.165, 1.54) is 0 Å². The van der Waals surface area contributed by atoms with E-state index in [4.69, 9.17) is 27.2 Å². The van der Waals surface area contributed by atoms with Crippen LogP contribution in [-0.2, 0) is 0 Å². The van der Waals surface area contributed by atoms with E-state index in [0.717, 1.165) is 0 Å². The van der Waals surface area contributed by atoms with Crippen molar-refractivity contribution < 1.29 is 15.6 Å². The van der Waals surface area contributed by atoms with Crippen LogP contribution in [0.5, 0.6) is 0 Å². The molecule has 0 aliphatic carbocycles. The highest BCUT2D eigenvalue weighted by Crippen LogP contribution is 2.27. The maximum absolute atomic E-state index is 9.09. The molecule has 6 nitrogen and oxygen atoms in total. The second-order valence-electron chi connectivity index (χ2n) is 5.22. The molecule has 0 aromatic rings. The van der Waals surface area contributed by atoms with Crippen molar-refractivity contribution in [1.29, 1.82) is 0 Å². The molecule has 0 saturated heterocycles. The summed E-state index contributed by atoms with van der Waals surface area (Å²) in [6.45, 7) is 5.76. The van der Waals surface area contributed by atoms with Gasteiger partial charge >= 0.3 is 0 Å². The summed E-state index contributed by atoms with van der Waals surface area (Å²) in [5.74, 6) is 0. The van der Waals surface area contributed by atoms with Gasteiger partial charge in [-0.1, -0.05) is 36.2 Å². The fourth-order valence-electron chi connectivity index (χ4n) is 2.32. The van der Waals surface area contributed by atoms with Gasteiger partial charge in [-0.05, 0) is 37.4 Å². The minimum atomic E-state index is -2.19. The first-order valence-electron chi connectivity index (χ1n) is 7.19. The smallest absolute Gasteiger partial charge is 0.0869 e. The van der Waals surface area contributed by atoms with Crippen molar-refractivity contribution in [2.75, 3.05) is 5.50 Å². The predicted octanol–water partition coefficient (Wildman–Crippen LogP) is 3.93. The fourth-order valence-corrected chi connectivity index (χ4v) is 7.39. The Morgan fingerprint density at radius 1 is 0.762 bits per heavy atom. The molecule has 21 heavy (non-hydrogen) atoms. The Labute approximate surface area is 132 Å². The number of hydrogen-bond donors (Lipinski definition) is 3. The third kappa shape index (κ3) is 6.47. The van der Waals surface area contributed by atoms with E-state index >= 15 is 0 Å². The molecular weight excluding hydrogens is 310 g/mol. The van der Waals surface area contributed by atoms with Crippen molar-refractivity contribution in [1.82, 2.24) is 0 Å². The molecule has 8 heteroatoms. The molecule has 0 aromatic heterocycles. The molecule has 0 amide bonds. The molecule has 3 N–H and O–H groups in total. The Hall–Kier alpha value is -1.08. The molecule has 0 bridgehead atoms. The van der Waals surface area contributed by atoms with Gasteiger partial charge in [-0.25, -0.2) is 0 Å². The summed E-state index contributed by atoms with van der Waals surface area (Å²) in [4.78, 5) is 0. The van der Waals surface area contributed by atoms with E-state index in [0.29, 0.717) is 60.0 Å². The van der Waals surface area contributed by atoms with Crippen LogP contribution in [-0.4, -0.2) is 46.3 Å². The average Bonchev–Trinajstić information content (AvgIpc) is 2.54. The maximum Gasteiger partial charge on any atom is 0.0869 e. The zero-order chi connectivity index (χ0) is 16.3. The summed E-state index contributed by atoms with van der Waals surface area (Å²) in [5.41, 5.74) is 2.47. The lowest BCUT2D eigenvalue weighted by Gasteiger charge is -2.30. The highest BCUT2D eigenvalue weighted by atomic mass is 35.5. The van der Waals surface area contributed by atoms with Gasteiger partial charge < -0.3 is 15.6 Å². The topological polar surface area (TPSA) is 97.8 Å². The van der Waals surface area contributed by atoms with Gasteiger partial charge in [0.1, 0.15) is 0 Å². The first kappa shape index (κ1) is 19.9. The largest absolute Gasteiger partial charge is 0.411 e. The minimum absolute atomic E-state index is 0.421. The summed E-state index contributed by atoms with van der Waals surface area (Å²) >= 11 is 6.25. The van der Waals surface area contributed by atoms with Gasteiger partial charge in [0.05, 0.1) is 25.2 Å². The molecule has 0 spiro atoms. The predicted molar refractivity (Wildman–Crippen MR) is 89.4 cm³/mol. The molecule has 0 atom stereocenters. The SMILES string of the molecule is CCC(C[Si](CCl)(CC(CC)=NO)CC(CC)=NO)=NO. The Bertz CT molecular complexity index is 345. The van der Waals surface area contributed by atoms with Crippen LogP contribution < -0.4 is 0 Å². The zero-order valence-corrected chi connectivity index (χ0v) is 14.8. The second kappa shape index (κ2) is 10.6. The standard InChI is InChI=1S/C13H26ClN3O3Si/c1-4-11(15-18)7-21(10-14,8-12(5-2)16-19)9-13(6-3)17-20/h18-20H,4-10H2,1-3H3. The van der Waals surface area contributed by atoms with Crippen molar-refractivity contribution in [2.24, 2.45) is 15.5 Å². The quantitative estimate of drug-likeness (QED) is 0.185. The first-order valence-corrected chi connectivity index (χ1v) is 10.6. The Balaban J connectivity index is 5.46. The molecule has 0 heterocycles. The number of alkyl halides is 1. The lowest BCUT2D eigenvalue weighted by atomic mass is 10.3. The Morgan fingerprint density at radius 3 is 1.19 bits per heavy atom. The summed E-state index contributed by atoms with van der Waals surface area (Å²) in [7, 11) is -2.19. The molecule has 0 unspecified atom stereocenters. The zero-order valence-electron chi connectivity index (χ0n) is 13.0. The summed E-state index contributed by atoms with van der Waals surface area (Å²) in [6, 6.07) is 1.80. The van der Waals surface area contributed by atoms with Gasteiger partial charge in [-0.3, -0.25) is 0 Å². The van der Waals surface area contributed by atoms with E-state index in [1.54, 1.807) is 0 Å². The molecule has 0 fully saturated rings. The van der Waals surface area contributed by atoms with Gasteiger partial charge in [0.25, 0.3) is 0 Å². The van der Waals surface area contributed by atoms with Crippen LogP contribution in [0.15, 0.2) is 15.5 Å². The van der Waals surface area contributed by atoms with Crippen molar-refractivity contribution in [3.63, 3.8) is 0 Å². The molecule has 0 aliphatic rings. The van der Waals surface area contributed by atoms with E-state index in [-0.39, 0.29) is 0 Å². The van der Waals surface area contributed by atoms with Gasteiger partial charge in [-0.15, -0.1) is 11.6 Å². The molecule has 0 saturated carbocycles. The van der Waals surface area contributed by atoms with Crippen molar-refractivity contribution in [3.05, 3.63) is 0 Å². The molecule has 0 rings (SSSR count). The third-order valence-electron chi connectivity index (χ3n) is 3.67. The monoisotopic (exact) mass is 335 g/mol. The molecule has 122 valence electrons. The van der Waals surface area contributed by atoms with Crippen LogP contribution >= 0.6 is 11.6 Å². The number of hydrogen-bond acceptors (Lipinski definition) is 6. The van der Waals surface area contributed by atoms with E-state index < -0.39 is 8.07 Å². The molecule has 0 aromatic carbocycles. The average molecular weight is 336 g/mol. The van der Waals surface area contributed by atoms with Crippen molar-refractivity contribution >= 4 is 36.8 Å².